The van der Waals surface area contributed by atoms with E-state index in [-0.39, 0.29) is 80.6 Å². The second-order valence-electron chi connectivity index (χ2n) is 19.4. The van der Waals surface area contributed by atoms with E-state index >= 15 is 0 Å². The van der Waals surface area contributed by atoms with E-state index in [9.17, 15) is 36.3 Å². The fraction of sp³-hybridized carbons (Fsp3) is 0.305. The molecule has 16 heteroatoms. The van der Waals surface area contributed by atoms with Crippen LogP contribution < -0.4 is 14.9 Å². The number of amides is 2. The third-order valence-electron chi connectivity index (χ3n) is 14.3. The van der Waals surface area contributed by atoms with Crippen LogP contribution in [0.1, 0.15) is 82.5 Å². The molecule has 1 fully saturated rings. The van der Waals surface area contributed by atoms with Crippen LogP contribution in [-0.4, -0.2) is 98.3 Å². The van der Waals surface area contributed by atoms with Crippen molar-refractivity contribution in [2.24, 2.45) is 0 Å². The Morgan fingerprint density at radius 1 is 0.733 bits per heavy atom. The Morgan fingerprint density at radius 2 is 1.39 bits per heavy atom. The first-order chi connectivity index (χ1) is 36.0. The number of nitrogens with one attached hydrogen (secondary N) is 1. The van der Waals surface area contributed by atoms with Gasteiger partial charge < -0.3 is 14.4 Å². The highest BCUT2D eigenvalue weighted by molar-refractivity contribution is 7.89. The van der Waals surface area contributed by atoms with Crippen LogP contribution in [0.25, 0.3) is 55.2 Å². The number of rotatable bonds is 17. The van der Waals surface area contributed by atoms with Gasteiger partial charge in [0.15, 0.2) is 6.54 Å². The summed E-state index contributed by atoms with van der Waals surface area (Å²) < 4.78 is 67.6. The van der Waals surface area contributed by atoms with Crippen molar-refractivity contribution < 1.29 is 50.3 Å². The van der Waals surface area contributed by atoms with Crippen molar-refractivity contribution in [1.82, 2.24) is 13.5 Å². The van der Waals surface area contributed by atoms with E-state index in [1.807, 2.05) is 54.0 Å². The summed E-state index contributed by atoms with van der Waals surface area (Å²) in [6.07, 6.45) is 1.68. The first kappa shape index (κ1) is 52.6. The Morgan fingerprint density at radius 3 is 2.04 bits per heavy atom. The van der Waals surface area contributed by atoms with Gasteiger partial charge in [-0.25, -0.2) is 26.1 Å². The molecule has 0 radical (unpaired) electrons. The highest BCUT2D eigenvalue weighted by Gasteiger charge is 2.36. The summed E-state index contributed by atoms with van der Waals surface area (Å²) in [5.41, 5.74) is 9.41. The van der Waals surface area contributed by atoms with Crippen molar-refractivity contribution in [3.63, 3.8) is 0 Å². The van der Waals surface area contributed by atoms with Gasteiger partial charge in [0.05, 0.1) is 33.1 Å². The molecule has 0 unspecified atom stereocenters. The molecule has 2 N–H and O–H groups in total. The van der Waals surface area contributed by atoms with Crippen molar-refractivity contribution in [3.8, 4) is 22.5 Å². The zero-order valence-electron chi connectivity index (χ0n) is 43.1. The van der Waals surface area contributed by atoms with E-state index in [4.69, 9.17) is 4.42 Å². The number of carboxylic acids is 1. The summed E-state index contributed by atoms with van der Waals surface area (Å²) in [5, 5.41) is 12.2. The monoisotopic (exact) mass is 1050 g/mol. The van der Waals surface area contributed by atoms with E-state index < -0.39 is 31.9 Å². The number of pyridine rings is 1. The van der Waals surface area contributed by atoms with Crippen molar-refractivity contribution in [2.75, 3.05) is 45.0 Å². The van der Waals surface area contributed by atoms with Gasteiger partial charge in [0.1, 0.15) is 17.9 Å². The lowest BCUT2D eigenvalue weighted by Crippen LogP contribution is -2.76. The lowest BCUT2D eigenvalue weighted by Gasteiger charge is -2.34. The molecule has 1 aliphatic carbocycles. The van der Waals surface area contributed by atoms with Crippen LogP contribution in [0.5, 0.6) is 0 Å². The normalized spacial score (nSPS) is 13.8. The first-order valence-corrected chi connectivity index (χ1v) is 28.7. The minimum atomic E-state index is -4.43. The predicted molar refractivity (Wildman–Crippen MR) is 290 cm³/mol. The maximum atomic E-state index is 14.8. The Hall–Kier alpha value is -7.27. The molecule has 2 amide bonds. The topological polar surface area (TPSA) is 180 Å². The minimum Gasteiger partial charge on any atom is -0.481 e. The van der Waals surface area contributed by atoms with E-state index in [0.29, 0.717) is 33.1 Å². The smallest absolute Gasteiger partial charge is 0.303 e. The number of aliphatic carboxylic acids is 1. The lowest BCUT2D eigenvalue weighted by atomic mass is 9.88. The number of piperazine rings is 1. The van der Waals surface area contributed by atoms with E-state index in [0.717, 1.165) is 73.4 Å². The molecule has 1 saturated heterocycles. The number of hydrogen-bond acceptors (Lipinski definition) is 8. The predicted octanol–water partition coefficient (Wildman–Crippen LogP) is 7.55. The van der Waals surface area contributed by atoms with Gasteiger partial charge in [-0.15, -0.1) is 0 Å². The van der Waals surface area contributed by atoms with E-state index in [1.54, 1.807) is 53.4 Å². The summed E-state index contributed by atoms with van der Waals surface area (Å²) in [7, 11) is -8.22. The molecule has 14 nitrogen and oxygen atoms in total. The molecule has 0 bridgehead atoms. The highest BCUT2D eigenvalue weighted by Crippen LogP contribution is 2.43. The maximum Gasteiger partial charge on any atom is 0.303 e. The molecule has 1 aromatic heterocycles. The third-order valence-corrected chi connectivity index (χ3v) is 18.0. The molecule has 3 aliphatic rings. The molecule has 0 spiro atoms. The number of benzene rings is 6. The van der Waals surface area contributed by atoms with Gasteiger partial charge in [-0.3, -0.25) is 14.4 Å². The maximum absolute atomic E-state index is 14.8. The van der Waals surface area contributed by atoms with E-state index in [1.165, 1.54) is 22.0 Å². The van der Waals surface area contributed by atoms with Crippen LogP contribution in [0, 0.1) is 20.8 Å². The second kappa shape index (κ2) is 21.9. The second-order valence-corrected chi connectivity index (χ2v) is 23.3. The van der Waals surface area contributed by atoms with Crippen LogP contribution in [0.15, 0.2) is 131 Å². The van der Waals surface area contributed by atoms with Gasteiger partial charge in [0.2, 0.25) is 26.4 Å². The van der Waals surface area contributed by atoms with Gasteiger partial charge in [-0.1, -0.05) is 73.5 Å². The molecule has 388 valence electrons. The fourth-order valence-electron chi connectivity index (χ4n) is 10.5. The highest BCUT2D eigenvalue weighted by atomic mass is 32.2. The summed E-state index contributed by atoms with van der Waals surface area (Å²) in [6, 6.07) is 36.4. The zero-order chi connectivity index (χ0) is 53.2. The molecule has 0 saturated carbocycles. The number of nitrogens with zero attached hydrogens (tertiary/aromatic N) is 4. The molecule has 5 aromatic carbocycles. The van der Waals surface area contributed by atoms with Gasteiger partial charge >= 0.3 is 5.97 Å². The fourth-order valence-corrected chi connectivity index (χ4v) is 13.4. The van der Waals surface area contributed by atoms with E-state index in [2.05, 4.69) is 50.9 Å². The van der Waals surface area contributed by atoms with Crippen molar-refractivity contribution in [1.29, 1.82) is 0 Å². The number of carbonyl (C=O) groups is 3. The van der Waals surface area contributed by atoms with Gasteiger partial charge in [0.25, 0.3) is 21.8 Å². The average molecular weight is 1050 g/mol. The number of carboxylic acid groups (broad SMARTS) is 1. The van der Waals surface area contributed by atoms with Crippen molar-refractivity contribution in [2.45, 2.75) is 78.2 Å². The van der Waals surface area contributed by atoms with Crippen molar-refractivity contribution >= 4 is 70.6 Å². The van der Waals surface area contributed by atoms with Gasteiger partial charge in [-0.2, -0.15) is 8.87 Å². The largest absolute Gasteiger partial charge is 0.481 e. The van der Waals surface area contributed by atoms with Gasteiger partial charge in [0, 0.05) is 85.3 Å². The number of para-hydroxylation sites is 2. The number of hydrogen-bond donors (Lipinski definition) is 2. The van der Waals surface area contributed by atoms with Crippen LogP contribution in [0.2, 0.25) is 0 Å². The number of aryl methyl sites for hydroxylation is 5. The Kier molecular flexibility index (Phi) is 15.4. The first-order valence-electron chi connectivity index (χ1n) is 25.6. The van der Waals surface area contributed by atoms with Crippen LogP contribution >= 0.6 is 0 Å². The SMILES string of the molecule is CCCc1cc2oc3cc(=[NH+]CC)c(C)cc-3c(-c3ccccc3C(=O)N3CCN(S(=O)(=O)CCC[n+]4c5ccccc5c(C(=O)N(CCCC(=O)O)S(=O)(=O)c5ccc(C)cc5)c5ccccc54)CC3)c2cc1C. The van der Waals surface area contributed by atoms with Crippen LogP contribution in [0.3, 0.4) is 0 Å². The number of carbonyl (C=O) groups excluding carboxylic acids is 2. The molecule has 3 heterocycles. The zero-order valence-corrected chi connectivity index (χ0v) is 44.7. The summed E-state index contributed by atoms with van der Waals surface area (Å²) >= 11 is 0. The molecule has 0 atom stereocenters. The Bertz CT molecular complexity index is 3730. The van der Waals surface area contributed by atoms with Crippen LogP contribution in [0.4, 0.5) is 0 Å². The molecular formula is C59H63N5O9S2+2. The van der Waals surface area contributed by atoms with Crippen molar-refractivity contribution in [3.05, 3.63) is 160 Å². The summed E-state index contributed by atoms with van der Waals surface area (Å²) in [5.74, 6) is -1.57. The number of sulfonamides is 2. The average Bonchev–Trinajstić information content (AvgIpc) is 3.40. The van der Waals surface area contributed by atoms with Gasteiger partial charge in [-0.05, 0) is 106 Å². The quantitative estimate of drug-likeness (QED) is 0.0688. The molecule has 6 aromatic rings. The Balaban J connectivity index is 0.957. The molecular weight excluding hydrogens is 987 g/mol. The molecule has 9 rings (SSSR count). The molecule has 2 aliphatic heterocycles. The number of aromatic nitrogens is 1. The molecule has 75 heavy (non-hydrogen) atoms. The summed E-state index contributed by atoms with van der Waals surface area (Å²) in [4.78, 5) is 46.2. The van der Waals surface area contributed by atoms with Crippen LogP contribution in [-0.2, 0) is 37.8 Å². The minimum absolute atomic E-state index is 0.0941. The Labute approximate surface area is 438 Å². The lowest BCUT2D eigenvalue weighted by molar-refractivity contribution is -0.645. The standard InChI is InChI=1S/C59H61N5O9S2/c1-6-16-42-37-53-48(35-40(42)4)56(49-36-41(5)50(60-7-2)38-54(49)73-53)44-17-8-9-18-45(44)58(67)61-30-32-62(33-31-61)74(69,70)34-15-28-63-51-21-12-10-19-46(51)57(47-20-11-13-22-52(47)63)59(68)64(29-14-23-55(65)66)75(71,72)43-26-24-39(3)25-27-43/h8-13,17-22,24-27,35-38H,6-7,14-16,23,28-34H2,1-5H3/p+2. The third kappa shape index (κ3) is 10.6. The number of fused-ring (bicyclic) bond motifs is 4. The summed E-state index contributed by atoms with van der Waals surface area (Å²) in [6.45, 7) is 11.5.